The number of hydrogen-bond donors (Lipinski definition) is 2. The summed E-state index contributed by atoms with van der Waals surface area (Å²) >= 11 is 0. The topological polar surface area (TPSA) is 58.2 Å². The Labute approximate surface area is 159 Å². The van der Waals surface area contributed by atoms with Gasteiger partial charge < -0.3 is 10.6 Å². The third-order valence-corrected chi connectivity index (χ3v) is 4.34. The largest absolute Gasteiger partial charge is 0.348 e. The molecule has 2 N–H and O–H groups in total. The molecule has 3 aromatic rings. The van der Waals surface area contributed by atoms with Crippen LogP contribution in [0.1, 0.15) is 27.0 Å². The van der Waals surface area contributed by atoms with Gasteiger partial charge in [0.05, 0.1) is 6.42 Å². The summed E-state index contributed by atoms with van der Waals surface area (Å²) < 4.78 is 0. The maximum absolute atomic E-state index is 12.2. The van der Waals surface area contributed by atoms with E-state index in [0.717, 1.165) is 16.7 Å². The zero-order chi connectivity index (χ0) is 19.1. The normalized spacial score (nSPS) is 10.3. The number of carbonyl (C=O) groups excluding carboxylic acids is 2. The van der Waals surface area contributed by atoms with Gasteiger partial charge in [-0.15, -0.1) is 0 Å². The van der Waals surface area contributed by atoms with Gasteiger partial charge in [0.25, 0.3) is 5.91 Å². The van der Waals surface area contributed by atoms with Crippen molar-refractivity contribution in [1.29, 1.82) is 0 Å². The summed E-state index contributed by atoms with van der Waals surface area (Å²) in [6, 6.07) is 24.5. The zero-order valence-corrected chi connectivity index (χ0v) is 15.2. The average molecular weight is 358 g/mol. The lowest BCUT2D eigenvalue weighted by molar-refractivity contribution is -0.115. The van der Waals surface area contributed by atoms with Crippen molar-refractivity contribution in [2.24, 2.45) is 0 Å². The molecule has 0 aliphatic carbocycles. The second kappa shape index (κ2) is 8.81. The van der Waals surface area contributed by atoms with Gasteiger partial charge in [-0.1, -0.05) is 54.6 Å². The molecule has 0 aromatic heterocycles. The number of benzene rings is 3. The molecule has 0 atom stereocenters. The maximum Gasteiger partial charge on any atom is 0.251 e. The smallest absolute Gasteiger partial charge is 0.251 e. The zero-order valence-electron chi connectivity index (χ0n) is 15.2. The Hall–Kier alpha value is -3.40. The Morgan fingerprint density at radius 2 is 1.48 bits per heavy atom. The molecule has 0 fully saturated rings. The van der Waals surface area contributed by atoms with E-state index in [1.807, 2.05) is 61.5 Å². The molecule has 136 valence electrons. The molecule has 3 aromatic carbocycles. The summed E-state index contributed by atoms with van der Waals surface area (Å²) in [4.78, 5) is 24.5. The number of hydrogen-bond acceptors (Lipinski definition) is 2. The lowest BCUT2D eigenvalue weighted by Crippen LogP contribution is -2.22. The molecule has 3 rings (SSSR count). The van der Waals surface area contributed by atoms with Crippen LogP contribution in [0.3, 0.4) is 0 Å². The van der Waals surface area contributed by atoms with Gasteiger partial charge in [0.2, 0.25) is 5.91 Å². The average Bonchev–Trinajstić information content (AvgIpc) is 2.69. The van der Waals surface area contributed by atoms with Crippen molar-refractivity contribution in [1.82, 2.24) is 5.32 Å². The number of rotatable bonds is 6. The van der Waals surface area contributed by atoms with Crippen LogP contribution in [0.4, 0.5) is 5.69 Å². The van der Waals surface area contributed by atoms with Gasteiger partial charge in [-0.2, -0.15) is 0 Å². The Balaban J connectivity index is 1.54. The van der Waals surface area contributed by atoms with Crippen molar-refractivity contribution in [3.63, 3.8) is 0 Å². The van der Waals surface area contributed by atoms with Crippen LogP contribution in [-0.4, -0.2) is 11.8 Å². The highest BCUT2D eigenvalue weighted by Gasteiger charge is 2.08. The van der Waals surface area contributed by atoms with Crippen LogP contribution in [-0.2, 0) is 17.8 Å². The van der Waals surface area contributed by atoms with E-state index < -0.39 is 0 Å². The van der Waals surface area contributed by atoms with Gasteiger partial charge in [0, 0.05) is 17.8 Å². The quantitative estimate of drug-likeness (QED) is 0.697. The second-order valence-electron chi connectivity index (χ2n) is 6.40. The first-order valence-electron chi connectivity index (χ1n) is 8.88. The Kier molecular flexibility index (Phi) is 6.00. The van der Waals surface area contributed by atoms with E-state index >= 15 is 0 Å². The van der Waals surface area contributed by atoms with E-state index in [-0.39, 0.29) is 11.8 Å². The van der Waals surface area contributed by atoms with E-state index in [4.69, 9.17) is 0 Å². The molecule has 0 heterocycles. The van der Waals surface area contributed by atoms with Gasteiger partial charge in [-0.25, -0.2) is 0 Å². The fourth-order valence-electron chi connectivity index (χ4n) is 2.77. The molecule has 0 aliphatic rings. The summed E-state index contributed by atoms with van der Waals surface area (Å²) in [6.07, 6.45) is 0.325. The molecule has 0 radical (unpaired) electrons. The Morgan fingerprint density at radius 1 is 0.815 bits per heavy atom. The summed E-state index contributed by atoms with van der Waals surface area (Å²) in [7, 11) is 0. The van der Waals surface area contributed by atoms with Crippen molar-refractivity contribution >= 4 is 17.5 Å². The van der Waals surface area contributed by atoms with Crippen molar-refractivity contribution in [3.05, 3.63) is 101 Å². The molecular weight excluding hydrogens is 336 g/mol. The monoisotopic (exact) mass is 358 g/mol. The molecule has 27 heavy (non-hydrogen) atoms. The minimum Gasteiger partial charge on any atom is -0.348 e. The van der Waals surface area contributed by atoms with Crippen molar-refractivity contribution < 1.29 is 9.59 Å². The molecule has 2 amide bonds. The molecule has 0 unspecified atom stereocenters. The minimum absolute atomic E-state index is 0.0782. The van der Waals surface area contributed by atoms with Gasteiger partial charge in [0.15, 0.2) is 0 Å². The number of nitrogens with one attached hydrogen (secondary N) is 2. The third kappa shape index (κ3) is 5.28. The van der Waals surface area contributed by atoms with Gasteiger partial charge in [-0.3, -0.25) is 9.59 Å². The first-order valence-corrected chi connectivity index (χ1v) is 8.88. The SMILES string of the molecule is Cc1ccccc1CC(=O)Nc1ccc(C(=O)NCc2ccccc2)cc1. The van der Waals surface area contributed by atoms with E-state index in [1.54, 1.807) is 24.3 Å². The van der Waals surface area contributed by atoms with E-state index in [1.165, 1.54) is 0 Å². The number of carbonyl (C=O) groups is 2. The van der Waals surface area contributed by atoms with Crippen LogP contribution in [0.15, 0.2) is 78.9 Å². The lowest BCUT2D eigenvalue weighted by atomic mass is 10.1. The van der Waals surface area contributed by atoms with Crippen LogP contribution in [0.5, 0.6) is 0 Å². The maximum atomic E-state index is 12.2. The summed E-state index contributed by atoms with van der Waals surface area (Å²) in [6.45, 7) is 2.47. The summed E-state index contributed by atoms with van der Waals surface area (Å²) in [5.41, 5.74) is 4.38. The molecule has 0 bridgehead atoms. The van der Waals surface area contributed by atoms with Gasteiger partial charge in [-0.05, 0) is 47.9 Å². The van der Waals surface area contributed by atoms with Gasteiger partial charge >= 0.3 is 0 Å². The second-order valence-corrected chi connectivity index (χ2v) is 6.40. The first-order chi connectivity index (χ1) is 13.1. The number of anilines is 1. The standard InChI is InChI=1S/C23H22N2O2/c1-17-7-5-6-10-20(17)15-22(26)25-21-13-11-19(12-14-21)23(27)24-16-18-8-3-2-4-9-18/h2-14H,15-16H2,1H3,(H,24,27)(H,25,26). The van der Waals surface area contributed by atoms with Crippen molar-refractivity contribution in [2.45, 2.75) is 19.9 Å². The van der Waals surface area contributed by atoms with Crippen molar-refractivity contribution in [3.8, 4) is 0 Å². The van der Waals surface area contributed by atoms with Crippen LogP contribution in [0.25, 0.3) is 0 Å². The first kappa shape index (κ1) is 18.4. The molecule has 0 saturated heterocycles. The van der Waals surface area contributed by atoms with Crippen LogP contribution in [0, 0.1) is 6.92 Å². The van der Waals surface area contributed by atoms with E-state index in [0.29, 0.717) is 24.2 Å². The Bertz CT molecular complexity index is 919. The van der Waals surface area contributed by atoms with Crippen LogP contribution < -0.4 is 10.6 Å². The highest BCUT2D eigenvalue weighted by molar-refractivity contribution is 5.96. The third-order valence-electron chi connectivity index (χ3n) is 4.34. The highest BCUT2D eigenvalue weighted by Crippen LogP contribution is 2.12. The molecular formula is C23H22N2O2. The number of amides is 2. The summed E-state index contributed by atoms with van der Waals surface area (Å²) in [5.74, 6) is -0.220. The fraction of sp³-hybridized carbons (Fsp3) is 0.130. The van der Waals surface area contributed by atoms with E-state index in [2.05, 4.69) is 10.6 Å². The number of aryl methyl sites for hydroxylation is 1. The summed E-state index contributed by atoms with van der Waals surface area (Å²) in [5, 5.41) is 5.76. The van der Waals surface area contributed by atoms with Crippen molar-refractivity contribution in [2.75, 3.05) is 5.32 Å². The van der Waals surface area contributed by atoms with Gasteiger partial charge in [0.1, 0.15) is 0 Å². The Morgan fingerprint density at radius 3 is 2.19 bits per heavy atom. The molecule has 0 aliphatic heterocycles. The van der Waals surface area contributed by atoms with Crippen LogP contribution in [0.2, 0.25) is 0 Å². The highest BCUT2D eigenvalue weighted by atomic mass is 16.2. The molecule has 0 spiro atoms. The fourth-order valence-corrected chi connectivity index (χ4v) is 2.77. The molecule has 4 heteroatoms. The predicted octanol–water partition coefficient (Wildman–Crippen LogP) is 4.11. The van der Waals surface area contributed by atoms with E-state index in [9.17, 15) is 9.59 Å². The molecule has 4 nitrogen and oxygen atoms in total. The lowest BCUT2D eigenvalue weighted by Gasteiger charge is -2.09. The molecule has 0 saturated carbocycles. The minimum atomic E-state index is -0.142. The predicted molar refractivity (Wildman–Crippen MR) is 108 cm³/mol. The van der Waals surface area contributed by atoms with Crippen LogP contribution >= 0.6 is 0 Å².